The fraction of sp³-hybridized carbons (Fsp3) is 0.938. The second-order valence-electron chi connectivity index (χ2n) is 6.47. The molecule has 1 heterocycles. The van der Waals surface area contributed by atoms with Crippen LogP contribution in [-0.4, -0.2) is 58.6 Å². The normalized spacial score (nSPS) is 26.1. The number of nitrogens with zero attached hydrogens (tertiary/aromatic N) is 2. The number of aliphatic hydroxyl groups excluding tert-OH is 1. The highest BCUT2D eigenvalue weighted by molar-refractivity contribution is 5.79. The highest BCUT2D eigenvalue weighted by Gasteiger charge is 2.33. The Bertz CT molecular complexity index is 316. The van der Waals surface area contributed by atoms with Gasteiger partial charge in [-0.05, 0) is 52.5 Å². The number of likely N-dealkylation sites (N-methyl/N-ethyl adjacent to an activating group) is 1. The Morgan fingerprint density at radius 1 is 1.30 bits per heavy atom. The summed E-state index contributed by atoms with van der Waals surface area (Å²) < 4.78 is 0. The molecule has 2 fully saturated rings. The molecule has 2 atom stereocenters. The summed E-state index contributed by atoms with van der Waals surface area (Å²) in [4.78, 5) is 16.9. The van der Waals surface area contributed by atoms with Crippen molar-refractivity contribution in [1.29, 1.82) is 0 Å². The zero-order valence-corrected chi connectivity index (χ0v) is 13.1. The van der Waals surface area contributed by atoms with Gasteiger partial charge in [0.25, 0.3) is 0 Å². The van der Waals surface area contributed by atoms with Gasteiger partial charge in [0.2, 0.25) is 5.91 Å². The third kappa shape index (κ3) is 4.45. The van der Waals surface area contributed by atoms with Gasteiger partial charge in [-0.2, -0.15) is 0 Å². The third-order valence-corrected chi connectivity index (χ3v) is 4.60. The molecule has 4 heteroatoms. The molecule has 0 aromatic heterocycles. The van der Waals surface area contributed by atoms with Gasteiger partial charge >= 0.3 is 0 Å². The Balaban J connectivity index is 1.93. The van der Waals surface area contributed by atoms with Gasteiger partial charge in [-0.25, -0.2) is 0 Å². The van der Waals surface area contributed by atoms with E-state index in [9.17, 15) is 9.90 Å². The van der Waals surface area contributed by atoms with Crippen molar-refractivity contribution in [2.75, 3.05) is 19.6 Å². The lowest BCUT2D eigenvalue weighted by Gasteiger charge is -2.32. The molecule has 0 spiro atoms. The molecule has 20 heavy (non-hydrogen) atoms. The smallest absolute Gasteiger partial charge is 0.236 e. The maximum atomic E-state index is 12.5. The minimum atomic E-state index is -0.276. The summed E-state index contributed by atoms with van der Waals surface area (Å²) in [6.07, 6.45) is 7.65. The van der Waals surface area contributed by atoms with E-state index in [0.717, 1.165) is 25.9 Å². The first-order chi connectivity index (χ1) is 9.61. The summed E-state index contributed by atoms with van der Waals surface area (Å²) >= 11 is 0. The van der Waals surface area contributed by atoms with Crippen molar-refractivity contribution < 1.29 is 9.90 Å². The second-order valence-corrected chi connectivity index (χ2v) is 6.47. The molecule has 2 rings (SSSR count). The van der Waals surface area contributed by atoms with Crippen LogP contribution in [0.3, 0.4) is 0 Å². The monoisotopic (exact) mass is 282 g/mol. The van der Waals surface area contributed by atoms with E-state index in [1.807, 2.05) is 11.8 Å². The van der Waals surface area contributed by atoms with Crippen LogP contribution in [0.1, 0.15) is 58.8 Å². The van der Waals surface area contributed by atoms with Gasteiger partial charge in [-0.3, -0.25) is 9.69 Å². The Hall–Kier alpha value is -0.610. The maximum absolute atomic E-state index is 12.5. The summed E-state index contributed by atoms with van der Waals surface area (Å²) in [5.74, 6) is 0.285. The number of carbonyl (C=O) groups excluding carboxylic acids is 1. The fourth-order valence-electron chi connectivity index (χ4n) is 3.39. The molecule has 1 N–H and O–H groups in total. The largest absolute Gasteiger partial charge is 0.393 e. The van der Waals surface area contributed by atoms with E-state index in [-0.39, 0.29) is 12.0 Å². The van der Waals surface area contributed by atoms with Crippen molar-refractivity contribution in [3.05, 3.63) is 0 Å². The second kappa shape index (κ2) is 7.41. The van der Waals surface area contributed by atoms with Crippen molar-refractivity contribution in [2.24, 2.45) is 0 Å². The Morgan fingerprint density at radius 3 is 2.65 bits per heavy atom. The molecule has 2 unspecified atom stereocenters. The Kier molecular flexibility index (Phi) is 5.85. The molecule has 1 saturated heterocycles. The van der Waals surface area contributed by atoms with Gasteiger partial charge in [0.1, 0.15) is 0 Å². The van der Waals surface area contributed by atoms with E-state index in [2.05, 4.69) is 11.8 Å². The molecule has 4 nitrogen and oxygen atoms in total. The molecule has 2 aliphatic rings. The summed E-state index contributed by atoms with van der Waals surface area (Å²) in [6, 6.07) is 0.883. The molecule has 0 aromatic carbocycles. The van der Waals surface area contributed by atoms with Crippen molar-refractivity contribution in [2.45, 2.75) is 77.0 Å². The quantitative estimate of drug-likeness (QED) is 0.810. The van der Waals surface area contributed by atoms with E-state index < -0.39 is 0 Å². The van der Waals surface area contributed by atoms with E-state index in [1.165, 1.54) is 32.1 Å². The maximum Gasteiger partial charge on any atom is 0.236 e. The van der Waals surface area contributed by atoms with Crippen LogP contribution in [0.2, 0.25) is 0 Å². The van der Waals surface area contributed by atoms with Gasteiger partial charge < -0.3 is 10.0 Å². The predicted molar refractivity (Wildman–Crippen MR) is 80.5 cm³/mol. The van der Waals surface area contributed by atoms with E-state index in [1.54, 1.807) is 0 Å². The van der Waals surface area contributed by atoms with Crippen LogP contribution in [0.4, 0.5) is 0 Å². The van der Waals surface area contributed by atoms with Crippen LogP contribution in [0.5, 0.6) is 0 Å². The van der Waals surface area contributed by atoms with Crippen molar-refractivity contribution in [3.63, 3.8) is 0 Å². The van der Waals surface area contributed by atoms with Gasteiger partial charge in [0.05, 0.1) is 12.6 Å². The lowest BCUT2D eigenvalue weighted by atomic mass is 10.0. The fourth-order valence-corrected chi connectivity index (χ4v) is 3.39. The minimum absolute atomic E-state index is 0.276. The number of likely N-dealkylation sites (tertiary alicyclic amines) is 1. The van der Waals surface area contributed by atoms with E-state index in [4.69, 9.17) is 0 Å². The number of hydrogen-bond acceptors (Lipinski definition) is 3. The number of amides is 1. The van der Waals surface area contributed by atoms with Crippen LogP contribution >= 0.6 is 0 Å². The van der Waals surface area contributed by atoms with Crippen LogP contribution in [0.25, 0.3) is 0 Å². The lowest BCUT2D eigenvalue weighted by molar-refractivity contribution is -0.133. The molecule has 0 bridgehead atoms. The van der Waals surface area contributed by atoms with Crippen LogP contribution in [0, 0.1) is 0 Å². The highest BCUT2D eigenvalue weighted by atomic mass is 16.3. The molecule has 0 aromatic rings. The summed E-state index contributed by atoms with van der Waals surface area (Å²) in [5, 5.41) is 9.68. The average Bonchev–Trinajstić information content (AvgIpc) is 3.20. The summed E-state index contributed by atoms with van der Waals surface area (Å²) in [6.45, 7) is 6.31. The first-order valence-corrected chi connectivity index (χ1v) is 8.33. The first-order valence-electron chi connectivity index (χ1n) is 8.33. The average molecular weight is 282 g/mol. The Morgan fingerprint density at radius 2 is 2.05 bits per heavy atom. The first kappa shape index (κ1) is 15.8. The zero-order valence-electron chi connectivity index (χ0n) is 13.1. The standard InChI is InChI=1S/C16H30N2O2/c1-3-18(14-8-9-14)16(20)12-17-10-6-4-5-7-15(17)11-13(2)19/h13-15,19H,3-12H2,1-2H3. The van der Waals surface area contributed by atoms with Crippen LogP contribution in [0.15, 0.2) is 0 Å². The number of aliphatic hydroxyl groups is 1. The molecule has 0 radical (unpaired) electrons. The third-order valence-electron chi connectivity index (χ3n) is 4.60. The van der Waals surface area contributed by atoms with Gasteiger partial charge in [-0.15, -0.1) is 0 Å². The van der Waals surface area contributed by atoms with Crippen molar-refractivity contribution in [1.82, 2.24) is 9.80 Å². The van der Waals surface area contributed by atoms with Crippen molar-refractivity contribution in [3.8, 4) is 0 Å². The number of rotatable bonds is 6. The molecular formula is C16H30N2O2. The molecular weight excluding hydrogens is 252 g/mol. The minimum Gasteiger partial charge on any atom is -0.393 e. The summed E-state index contributed by atoms with van der Waals surface area (Å²) in [7, 11) is 0. The van der Waals surface area contributed by atoms with E-state index in [0.29, 0.717) is 18.6 Å². The topological polar surface area (TPSA) is 43.8 Å². The number of carbonyl (C=O) groups is 1. The van der Waals surface area contributed by atoms with Crippen molar-refractivity contribution >= 4 is 5.91 Å². The molecule has 1 amide bonds. The SMILES string of the molecule is CCN(C(=O)CN1CCCCCC1CC(C)O)C1CC1. The van der Waals surface area contributed by atoms with E-state index >= 15 is 0 Å². The highest BCUT2D eigenvalue weighted by Crippen LogP contribution is 2.27. The van der Waals surface area contributed by atoms with Crippen LogP contribution in [-0.2, 0) is 4.79 Å². The molecule has 116 valence electrons. The molecule has 1 aliphatic heterocycles. The zero-order chi connectivity index (χ0) is 14.5. The molecule has 1 saturated carbocycles. The molecule has 1 aliphatic carbocycles. The predicted octanol–water partition coefficient (Wildman–Crippen LogP) is 2.01. The van der Waals surface area contributed by atoms with Crippen LogP contribution < -0.4 is 0 Å². The summed E-state index contributed by atoms with van der Waals surface area (Å²) in [5.41, 5.74) is 0. The number of hydrogen-bond donors (Lipinski definition) is 1. The Labute approximate surface area is 123 Å². The van der Waals surface area contributed by atoms with Gasteiger partial charge in [-0.1, -0.05) is 12.8 Å². The van der Waals surface area contributed by atoms with Gasteiger partial charge in [0, 0.05) is 18.6 Å². The van der Waals surface area contributed by atoms with Gasteiger partial charge in [0.15, 0.2) is 0 Å². The lowest BCUT2D eigenvalue weighted by Crippen LogP contribution is -2.46.